The largest absolute Gasteiger partial charge is 0.496 e. The van der Waals surface area contributed by atoms with Gasteiger partial charge in [0.25, 0.3) is 5.91 Å². The average molecular weight is 482 g/mol. The van der Waals surface area contributed by atoms with Crippen molar-refractivity contribution in [3.8, 4) is 5.75 Å². The maximum Gasteiger partial charge on any atom is 0.253 e. The van der Waals surface area contributed by atoms with Crippen molar-refractivity contribution in [2.75, 3.05) is 27.7 Å². The van der Waals surface area contributed by atoms with Crippen molar-refractivity contribution >= 4 is 16.8 Å². The molecule has 2 fully saturated rings. The zero-order valence-corrected chi connectivity index (χ0v) is 20.8. The average Bonchev–Trinajstić information content (AvgIpc) is 3.31. The van der Waals surface area contributed by atoms with Gasteiger partial charge < -0.3 is 14.6 Å². The molecule has 2 aliphatic rings. The monoisotopic (exact) mass is 481 g/mol. The van der Waals surface area contributed by atoms with Gasteiger partial charge in [-0.15, -0.1) is 0 Å². The molecular weight excluding hydrogens is 448 g/mol. The van der Waals surface area contributed by atoms with Gasteiger partial charge in [-0.25, -0.2) is 8.78 Å². The molecule has 35 heavy (non-hydrogen) atoms. The number of rotatable bonds is 5. The Hall–Kier alpha value is -2.93. The summed E-state index contributed by atoms with van der Waals surface area (Å²) < 4.78 is 33.7. The van der Waals surface area contributed by atoms with Gasteiger partial charge in [-0.05, 0) is 67.1 Å². The van der Waals surface area contributed by atoms with E-state index in [1.54, 1.807) is 26.1 Å². The molecular formula is C28H33F2N3O2. The molecule has 1 atom stereocenters. The molecule has 1 aliphatic carbocycles. The van der Waals surface area contributed by atoms with Crippen LogP contribution in [-0.4, -0.2) is 54.4 Å². The van der Waals surface area contributed by atoms with Crippen LogP contribution in [0.2, 0.25) is 0 Å². The van der Waals surface area contributed by atoms with E-state index in [4.69, 9.17) is 4.74 Å². The molecule has 1 saturated heterocycles. The number of aromatic amines is 1. The Morgan fingerprint density at radius 1 is 1.20 bits per heavy atom. The van der Waals surface area contributed by atoms with Crippen molar-refractivity contribution in [3.05, 3.63) is 64.8 Å². The van der Waals surface area contributed by atoms with Crippen LogP contribution in [0.4, 0.5) is 8.78 Å². The second kappa shape index (κ2) is 8.63. The first-order chi connectivity index (χ1) is 16.6. The molecule has 1 saturated carbocycles. The maximum absolute atomic E-state index is 14.0. The lowest BCUT2D eigenvalue weighted by Crippen LogP contribution is -2.53. The molecule has 1 N–H and O–H groups in total. The van der Waals surface area contributed by atoms with E-state index in [0.717, 1.165) is 46.3 Å². The van der Waals surface area contributed by atoms with Crippen LogP contribution in [0.3, 0.4) is 0 Å². The highest BCUT2D eigenvalue weighted by Crippen LogP contribution is 2.60. The number of alkyl halides is 2. The van der Waals surface area contributed by atoms with E-state index in [9.17, 15) is 13.6 Å². The normalized spacial score (nSPS) is 21.1. The quantitative estimate of drug-likeness (QED) is 0.491. The Labute approximate surface area is 205 Å². The topological polar surface area (TPSA) is 48.6 Å². The summed E-state index contributed by atoms with van der Waals surface area (Å²) in [7, 11) is 5.16. The fourth-order valence-corrected chi connectivity index (χ4v) is 6.15. The first-order valence-corrected chi connectivity index (χ1v) is 12.2. The number of likely N-dealkylation sites (tertiary alicyclic amines) is 1. The Balaban J connectivity index is 1.49. The second-order valence-corrected chi connectivity index (χ2v) is 10.6. The van der Waals surface area contributed by atoms with Crippen LogP contribution in [0.25, 0.3) is 10.9 Å². The lowest BCUT2D eigenvalue weighted by atomic mass is 9.59. The number of piperidine rings is 1. The predicted octanol–water partition coefficient (Wildman–Crippen LogP) is 5.94. The fraction of sp³-hybridized carbons (Fsp3) is 0.464. The standard InChI is InChI=1S/C28H33F2N3O2/c1-18-13-24(35-4)22(21-9-11-31-25(18)21)15-33-12-10-27(16-28(29,30)17-27)14-23(33)19-5-7-20(8-6-19)26(34)32(2)3/h5-9,11,13,23,31H,10,12,14-17H2,1-4H3. The molecule has 7 heteroatoms. The number of aromatic nitrogens is 1. The van der Waals surface area contributed by atoms with E-state index < -0.39 is 5.92 Å². The highest BCUT2D eigenvalue weighted by atomic mass is 19.3. The van der Waals surface area contributed by atoms with Crippen LogP contribution in [0.1, 0.15) is 58.8 Å². The van der Waals surface area contributed by atoms with Crippen LogP contribution < -0.4 is 4.74 Å². The van der Waals surface area contributed by atoms with E-state index in [2.05, 4.69) is 28.9 Å². The highest BCUT2D eigenvalue weighted by molar-refractivity contribution is 5.93. The number of H-pyrrole nitrogens is 1. The van der Waals surface area contributed by atoms with Crippen LogP contribution in [0.5, 0.6) is 5.75 Å². The van der Waals surface area contributed by atoms with Gasteiger partial charge in [-0.2, -0.15) is 0 Å². The van der Waals surface area contributed by atoms with E-state index in [0.29, 0.717) is 18.5 Å². The van der Waals surface area contributed by atoms with Crippen molar-refractivity contribution in [1.82, 2.24) is 14.8 Å². The zero-order valence-electron chi connectivity index (χ0n) is 20.8. The number of amides is 1. The summed E-state index contributed by atoms with van der Waals surface area (Å²) in [5.41, 5.74) is 4.69. The summed E-state index contributed by atoms with van der Waals surface area (Å²) >= 11 is 0. The highest BCUT2D eigenvalue weighted by Gasteiger charge is 2.58. The van der Waals surface area contributed by atoms with Gasteiger partial charge in [-0.3, -0.25) is 9.69 Å². The molecule has 1 aliphatic heterocycles. The Morgan fingerprint density at radius 2 is 1.91 bits per heavy atom. The number of ether oxygens (including phenoxy) is 1. The van der Waals surface area contributed by atoms with Gasteiger partial charge >= 0.3 is 0 Å². The van der Waals surface area contributed by atoms with Crippen LogP contribution in [-0.2, 0) is 6.54 Å². The van der Waals surface area contributed by atoms with Gasteiger partial charge in [0.05, 0.1) is 7.11 Å². The molecule has 5 nitrogen and oxygen atoms in total. The molecule has 3 aromatic rings. The maximum atomic E-state index is 14.0. The van der Waals surface area contributed by atoms with Gasteiger partial charge in [0, 0.05) is 67.8 Å². The smallest absolute Gasteiger partial charge is 0.253 e. The summed E-state index contributed by atoms with van der Waals surface area (Å²) in [5.74, 6) is -1.76. The minimum atomic E-state index is -2.55. The zero-order chi connectivity index (χ0) is 25.0. The SMILES string of the molecule is COc1cc(C)c2[nH]ccc2c1CN1CCC2(CC1c1ccc(C(=O)N(C)C)cc1)CC(F)(F)C2. The Morgan fingerprint density at radius 3 is 2.54 bits per heavy atom. The van der Waals surface area contributed by atoms with Crippen molar-refractivity contribution < 1.29 is 18.3 Å². The van der Waals surface area contributed by atoms with E-state index >= 15 is 0 Å². The molecule has 2 aromatic carbocycles. The Kier molecular flexibility index (Phi) is 5.86. The molecule has 5 rings (SSSR count). The number of benzene rings is 2. The Bertz CT molecular complexity index is 1240. The number of hydrogen-bond donors (Lipinski definition) is 1. The predicted molar refractivity (Wildman–Crippen MR) is 133 cm³/mol. The van der Waals surface area contributed by atoms with Crippen molar-refractivity contribution in [1.29, 1.82) is 0 Å². The van der Waals surface area contributed by atoms with Crippen molar-refractivity contribution in [3.63, 3.8) is 0 Å². The van der Waals surface area contributed by atoms with Crippen LogP contribution in [0, 0.1) is 12.3 Å². The van der Waals surface area contributed by atoms with Gasteiger partial charge in [-0.1, -0.05) is 12.1 Å². The third-order valence-corrected chi connectivity index (χ3v) is 7.90. The molecule has 1 unspecified atom stereocenters. The molecule has 0 bridgehead atoms. The molecule has 0 radical (unpaired) electrons. The fourth-order valence-electron chi connectivity index (χ4n) is 6.15. The van der Waals surface area contributed by atoms with Crippen molar-refractivity contribution in [2.24, 2.45) is 5.41 Å². The molecule has 1 amide bonds. The van der Waals surface area contributed by atoms with Crippen LogP contribution >= 0.6 is 0 Å². The van der Waals surface area contributed by atoms with E-state index in [1.807, 2.05) is 30.5 Å². The van der Waals surface area contributed by atoms with Gasteiger partial charge in [0.15, 0.2) is 0 Å². The summed E-state index contributed by atoms with van der Waals surface area (Å²) in [6, 6.07) is 11.8. The lowest BCUT2D eigenvalue weighted by molar-refractivity contribution is -0.186. The summed E-state index contributed by atoms with van der Waals surface area (Å²) in [4.78, 5) is 19.7. The minimum absolute atomic E-state index is 0.0108. The number of halogens is 2. The third-order valence-electron chi connectivity index (χ3n) is 7.90. The number of methoxy groups -OCH3 is 1. The number of carbonyl (C=O) groups excluding carboxylic acids is 1. The van der Waals surface area contributed by atoms with Gasteiger partial charge in [0.2, 0.25) is 5.92 Å². The van der Waals surface area contributed by atoms with Gasteiger partial charge in [0.1, 0.15) is 5.75 Å². The summed E-state index contributed by atoms with van der Waals surface area (Å²) in [6.45, 7) is 3.46. The molecule has 1 aromatic heterocycles. The molecule has 186 valence electrons. The first kappa shape index (κ1) is 23.8. The minimum Gasteiger partial charge on any atom is -0.496 e. The molecule has 1 spiro atoms. The van der Waals surface area contributed by atoms with E-state index in [1.165, 1.54) is 0 Å². The van der Waals surface area contributed by atoms with E-state index in [-0.39, 0.29) is 30.2 Å². The number of carbonyl (C=O) groups is 1. The van der Waals surface area contributed by atoms with Crippen LogP contribution in [0.15, 0.2) is 42.6 Å². The van der Waals surface area contributed by atoms with Crippen molar-refractivity contribution in [2.45, 2.75) is 51.1 Å². The lowest BCUT2D eigenvalue weighted by Gasteiger charge is -2.54. The number of hydrogen-bond acceptors (Lipinski definition) is 3. The third kappa shape index (κ3) is 4.31. The number of fused-ring (bicyclic) bond motifs is 1. The summed E-state index contributed by atoms with van der Waals surface area (Å²) in [5, 5.41) is 1.13. The summed E-state index contributed by atoms with van der Waals surface area (Å²) in [6.07, 6.45) is 3.34. The molecule has 2 heterocycles. The number of aryl methyl sites for hydroxylation is 1. The number of nitrogens with zero attached hydrogens (tertiary/aromatic N) is 2. The second-order valence-electron chi connectivity index (χ2n) is 10.6. The number of nitrogens with one attached hydrogen (secondary N) is 1. The first-order valence-electron chi connectivity index (χ1n) is 12.2.